The second-order valence-electron chi connectivity index (χ2n) is 5.23. The summed E-state index contributed by atoms with van der Waals surface area (Å²) < 4.78 is 49.6. The van der Waals surface area contributed by atoms with E-state index in [-0.39, 0.29) is 28.4 Å². The SMILES string of the molecule is CON(C)C(=O)c1ccc(S(=O)(=O)N[C@@H]2CCS(=O)(=O)C2)cc1. The summed E-state index contributed by atoms with van der Waals surface area (Å²) in [7, 11) is -4.22. The van der Waals surface area contributed by atoms with Crippen LogP contribution >= 0.6 is 0 Å². The van der Waals surface area contributed by atoms with E-state index in [0.717, 1.165) is 5.06 Å². The summed E-state index contributed by atoms with van der Waals surface area (Å²) in [4.78, 5) is 16.6. The molecule has 1 aromatic rings. The van der Waals surface area contributed by atoms with E-state index in [2.05, 4.69) is 4.72 Å². The van der Waals surface area contributed by atoms with Gasteiger partial charge < -0.3 is 0 Å². The van der Waals surface area contributed by atoms with Gasteiger partial charge in [0.2, 0.25) is 10.0 Å². The van der Waals surface area contributed by atoms with Gasteiger partial charge in [-0.15, -0.1) is 0 Å². The number of sulfonamides is 1. The lowest BCUT2D eigenvalue weighted by atomic mass is 10.2. The van der Waals surface area contributed by atoms with Crippen LogP contribution in [0.4, 0.5) is 0 Å². The molecular formula is C13H18N2O6S2. The minimum atomic E-state index is -3.83. The van der Waals surface area contributed by atoms with E-state index in [1.165, 1.54) is 38.4 Å². The standard InChI is InChI=1S/C13H18N2O6S2/c1-15(21-2)13(16)10-3-5-12(6-4-10)23(19,20)14-11-7-8-22(17,18)9-11/h3-6,11,14H,7-9H2,1-2H3/t11-/m1/s1. The van der Waals surface area contributed by atoms with Crippen LogP contribution in [0.15, 0.2) is 29.2 Å². The number of sulfone groups is 1. The van der Waals surface area contributed by atoms with Crippen LogP contribution in [0.3, 0.4) is 0 Å². The van der Waals surface area contributed by atoms with Crippen molar-refractivity contribution in [1.82, 2.24) is 9.79 Å². The molecule has 128 valence electrons. The first kappa shape index (κ1) is 17.9. The molecule has 1 aliphatic heterocycles. The Hall–Kier alpha value is -1.49. The molecule has 0 saturated carbocycles. The van der Waals surface area contributed by atoms with E-state index >= 15 is 0 Å². The van der Waals surface area contributed by atoms with E-state index < -0.39 is 31.8 Å². The number of hydroxylamine groups is 2. The smallest absolute Gasteiger partial charge is 0.274 e. The maximum absolute atomic E-state index is 12.2. The lowest BCUT2D eigenvalue weighted by molar-refractivity contribution is -0.0757. The maximum Gasteiger partial charge on any atom is 0.277 e. The van der Waals surface area contributed by atoms with Crippen LogP contribution in [0, 0.1) is 0 Å². The van der Waals surface area contributed by atoms with Gasteiger partial charge in [0.25, 0.3) is 5.91 Å². The monoisotopic (exact) mass is 362 g/mol. The molecular weight excluding hydrogens is 344 g/mol. The molecule has 23 heavy (non-hydrogen) atoms. The number of carbonyl (C=O) groups excluding carboxylic acids is 1. The second kappa shape index (κ2) is 6.56. The molecule has 1 aliphatic rings. The Morgan fingerprint density at radius 1 is 1.30 bits per heavy atom. The van der Waals surface area contributed by atoms with Gasteiger partial charge in [-0.2, -0.15) is 0 Å². The molecule has 2 rings (SSSR count). The first-order chi connectivity index (χ1) is 10.6. The van der Waals surface area contributed by atoms with Gasteiger partial charge in [0, 0.05) is 18.7 Å². The largest absolute Gasteiger partial charge is 0.277 e. The third-order valence-electron chi connectivity index (χ3n) is 3.53. The van der Waals surface area contributed by atoms with Crippen LogP contribution in [0.1, 0.15) is 16.8 Å². The van der Waals surface area contributed by atoms with Crippen molar-refractivity contribution in [3.8, 4) is 0 Å². The molecule has 0 unspecified atom stereocenters. The summed E-state index contributed by atoms with van der Waals surface area (Å²) in [6, 6.07) is 4.71. The highest BCUT2D eigenvalue weighted by Gasteiger charge is 2.31. The summed E-state index contributed by atoms with van der Waals surface area (Å²) in [5.41, 5.74) is 0.275. The molecule has 1 N–H and O–H groups in total. The molecule has 0 aromatic heterocycles. The lowest BCUT2D eigenvalue weighted by Gasteiger charge is -2.14. The summed E-state index contributed by atoms with van der Waals surface area (Å²) in [5, 5.41) is 1.02. The van der Waals surface area contributed by atoms with Gasteiger partial charge >= 0.3 is 0 Å². The molecule has 1 atom stereocenters. The Morgan fingerprint density at radius 3 is 2.39 bits per heavy atom. The van der Waals surface area contributed by atoms with Crippen molar-refractivity contribution >= 4 is 25.8 Å². The van der Waals surface area contributed by atoms with Crippen LogP contribution in [-0.4, -0.2) is 59.5 Å². The minimum absolute atomic E-state index is 0.0169. The average molecular weight is 362 g/mol. The van der Waals surface area contributed by atoms with Gasteiger partial charge in [0.1, 0.15) is 0 Å². The molecule has 1 aromatic carbocycles. The van der Waals surface area contributed by atoms with Gasteiger partial charge in [-0.25, -0.2) is 26.6 Å². The Labute approximate surface area is 135 Å². The van der Waals surface area contributed by atoms with Gasteiger partial charge in [-0.3, -0.25) is 9.63 Å². The van der Waals surface area contributed by atoms with E-state index in [0.29, 0.717) is 0 Å². The summed E-state index contributed by atoms with van der Waals surface area (Å²) in [5.74, 6) is -0.621. The molecule has 0 radical (unpaired) electrons. The number of carbonyl (C=O) groups is 1. The number of hydrogen-bond donors (Lipinski definition) is 1. The number of nitrogens with one attached hydrogen (secondary N) is 1. The Balaban J connectivity index is 2.13. The third kappa shape index (κ3) is 4.28. The van der Waals surface area contributed by atoms with Crippen LogP contribution in [-0.2, 0) is 24.7 Å². The quantitative estimate of drug-likeness (QED) is 0.726. The topological polar surface area (TPSA) is 110 Å². The molecule has 0 spiro atoms. The lowest BCUT2D eigenvalue weighted by Crippen LogP contribution is -2.35. The van der Waals surface area contributed by atoms with Crippen LogP contribution in [0.25, 0.3) is 0 Å². The highest BCUT2D eigenvalue weighted by molar-refractivity contribution is 7.92. The molecule has 0 bridgehead atoms. The van der Waals surface area contributed by atoms with E-state index in [1.54, 1.807) is 0 Å². The first-order valence-electron chi connectivity index (χ1n) is 6.79. The van der Waals surface area contributed by atoms with Crippen molar-refractivity contribution in [2.24, 2.45) is 0 Å². The fourth-order valence-electron chi connectivity index (χ4n) is 2.22. The zero-order valence-corrected chi connectivity index (χ0v) is 14.4. The van der Waals surface area contributed by atoms with E-state index in [4.69, 9.17) is 4.84 Å². The molecule has 1 heterocycles. The highest BCUT2D eigenvalue weighted by atomic mass is 32.2. The Bertz CT molecular complexity index is 786. The van der Waals surface area contributed by atoms with Crippen LogP contribution in [0.2, 0.25) is 0 Å². The summed E-state index contributed by atoms with van der Waals surface area (Å²) in [6.45, 7) is 0. The van der Waals surface area contributed by atoms with Crippen molar-refractivity contribution in [2.45, 2.75) is 17.4 Å². The van der Waals surface area contributed by atoms with E-state index in [1.807, 2.05) is 0 Å². The van der Waals surface area contributed by atoms with E-state index in [9.17, 15) is 21.6 Å². The van der Waals surface area contributed by atoms with Crippen LogP contribution in [0.5, 0.6) is 0 Å². The zero-order chi connectivity index (χ0) is 17.3. The van der Waals surface area contributed by atoms with Crippen molar-refractivity contribution in [1.29, 1.82) is 0 Å². The molecule has 1 amide bonds. The number of nitrogens with zero attached hydrogens (tertiary/aromatic N) is 1. The Morgan fingerprint density at radius 2 is 1.91 bits per heavy atom. The summed E-state index contributed by atoms with van der Waals surface area (Å²) in [6.07, 6.45) is 0.261. The molecule has 0 aliphatic carbocycles. The highest BCUT2D eigenvalue weighted by Crippen LogP contribution is 2.17. The molecule has 10 heteroatoms. The van der Waals surface area contributed by atoms with Crippen LogP contribution < -0.4 is 4.72 Å². The third-order valence-corrected chi connectivity index (χ3v) is 6.83. The van der Waals surface area contributed by atoms with Crippen molar-refractivity contribution < 1.29 is 26.5 Å². The fraction of sp³-hybridized carbons (Fsp3) is 0.462. The predicted octanol–water partition coefficient (Wildman–Crippen LogP) is -0.215. The molecule has 8 nitrogen and oxygen atoms in total. The van der Waals surface area contributed by atoms with Crippen molar-refractivity contribution in [2.75, 3.05) is 25.7 Å². The minimum Gasteiger partial charge on any atom is -0.274 e. The number of rotatable bonds is 5. The predicted molar refractivity (Wildman–Crippen MR) is 82.9 cm³/mol. The number of benzene rings is 1. The number of amides is 1. The Kier molecular flexibility index (Phi) is 5.09. The van der Waals surface area contributed by atoms with Gasteiger partial charge in [-0.1, -0.05) is 0 Å². The van der Waals surface area contributed by atoms with Crippen molar-refractivity contribution in [3.05, 3.63) is 29.8 Å². The first-order valence-corrected chi connectivity index (χ1v) is 10.1. The maximum atomic E-state index is 12.2. The van der Waals surface area contributed by atoms with Gasteiger partial charge in [-0.05, 0) is 30.7 Å². The second-order valence-corrected chi connectivity index (χ2v) is 9.17. The van der Waals surface area contributed by atoms with Gasteiger partial charge in [0.05, 0.1) is 23.5 Å². The molecule has 1 fully saturated rings. The average Bonchev–Trinajstić information content (AvgIpc) is 2.84. The fourth-order valence-corrected chi connectivity index (χ4v) is 5.27. The van der Waals surface area contributed by atoms with Crippen molar-refractivity contribution in [3.63, 3.8) is 0 Å². The molecule has 1 saturated heterocycles. The summed E-state index contributed by atoms with van der Waals surface area (Å²) >= 11 is 0. The number of hydrogen-bond acceptors (Lipinski definition) is 6. The normalized spacial score (nSPS) is 20.3. The zero-order valence-electron chi connectivity index (χ0n) is 12.7. The van der Waals surface area contributed by atoms with Gasteiger partial charge in [0.15, 0.2) is 9.84 Å².